The molecule has 3 aromatic rings. The zero-order chi connectivity index (χ0) is 19.5. The zero-order valence-electron chi connectivity index (χ0n) is 15.3. The number of hydrogen-bond donors (Lipinski definition) is 1. The van der Waals surface area contributed by atoms with Gasteiger partial charge in [-0.3, -0.25) is 4.79 Å². The summed E-state index contributed by atoms with van der Waals surface area (Å²) in [6.45, 7) is 0.621. The van der Waals surface area contributed by atoms with Crippen molar-refractivity contribution >= 4 is 29.2 Å². The molecule has 0 unspecified atom stereocenters. The normalized spacial score (nSPS) is 12.4. The first kappa shape index (κ1) is 17.7. The molecule has 0 atom stereocenters. The van der Waals surface area contributed by atoms with Crippen LogP contribution < -0.4 is 10.2 Å². The largest absolute Gasteiger partial charge is 0.465 e. The summed E-state index contributed by atoms with van der Waals surface area (Å²) in [6, 6.07) is 16.3. The third-order valence-electron chi connectivity index (χ3n) is 4.59. The summed E-state index contributed by atoms with van der Waals surface area (Å²) in [7, 11) is 1.32. The number of nitrogens with zero attached hydrogens (tertiary/aromatic N) is 3. The number of methoxy groups -OCH3 is 1. The van der Waals surface area contributed by atoms with Gasteiger partial charge < -0.3 is 15.0 Å². The third-order valence-corrected chi connectivity index (χ3v) is 4.59. The monoisotopic (exact) mass is 374 g/mol. The van der Waals surface area contributed by atoms with Crippen molar-refractivity contribution in [2.45, 2.75) is 6.42 Å². The molecule has 140 valence electrons. The summed E-state index contributed by atoms with van der Waals surface area (Å²) >= 11 is 0. The van der Waals surface area contributed by atoms with Gasteiger partial charge in [0.1, 0.15) is 5.69 Å². The molecule has 2 aromatic carbocycles. The molecule has 1 N–H and O–H groups in total. The van der Waals surface area contributed by atoms with Crippen molar-refractivity contribution in [1.82, 2.24) is 9.97 Å². The quantitative estimate of drug-likeness (QED) is 0.706. The number of hydrogen-bond acceptors (Lipinski definition) is 6. The Labute approximate surface area is 162 Å². The highest BCUT2D eigenvalue weighted by atomic mass is 16.5. The number of fused-ring (bicyclic) bond motifs is 1. The van der Waals surface area contributed by atoms with Crippen LogP contribution in [0.5, 0.6) is 0 Å². The molecule has 0 saturated carbocycles. The second kappa shape index (κ2) is 7.48. The lowest BCUT2D eigenvalue weighted by Crippen LogP contribution is -2.29. The summed E-state index contributed by atoms with van der Waals surface area (Å²) in [5.41, 5.74) is 3.21. The number of nitrogens with one attached hydrogen (secondary N) is 1. The molecule has 4 rings (SSSR count). The van der Waals surface area contributed by atoms with Gasteiger partial charge in [-0.25, -0.2) is 14.8 Å². The fraction of sp³-hybridized carbons (Fsp3) is 0.143. The van der Waals surface area contributed by atoms with Crippen molar-refractivity contribution in [3.63, 3.8) is 0 Å². The van der Waals surface area contributed by atoms with Gasteiger partial charge in [0, 0.05) is 18.4 Å². The van der Waals surface area contributed by atoms with E-state index in [1.807, 2.05) is 24.3 Å². The minimum atomic E-state index is -0.469. The first-order valence-electron chi connectivity index (χ1n) is 8.84. The molecule has 1 amide bonds. The van der Waals surface area contributed by atoms with Crippen LogP contribution in [-0.4, -0.2) is 35.5 Å². The summed E-state index contributed by atoms with van der Waals surface area (Å²) in [5, 5.41) is 3.00. The number of carbonyl (C=O) groups is 2. The number of amides is 1. The Hall–Kier alpha value is -3.74. The minimum absolute atomic E-state index is 0.184. The van der Waals surface area contributed by atoms with Crippen LogP contribution in [-0.2, 0) is 11.2 Å². The van der Waals surface area contributed by atoms with Crippen molar-refractivity contribution in [2.75, 3.05) is 23.9 Å². The fourth-order valence-corrected chi connectivity index (χ4v) is 3.23. The molecular formula is C21H18N4O3. The molecule has 7 heteroatoms. The molecule has 1 aliphatic rings. The molecule has 1 aliphatic heterocycles. The predicted molar refractivity (Wildman–Crippen MR) is 105 cm³/mol. The van der Waals surface area contributed by atoms with Gasteiger partial charge in [-0.2, -0.15) is 0 Å². The lowest BCUT2D eigenvalue weighted by Gasteiger charge is -2.17. The molecule has 0 saturated heterocycles. The Morgan fingerprint density at radius 1 is 1.07 bits per heavy atom. The van der Waals surface area contributed by atoms with Gasteiger partial charge in [0.05, 0.1) is 18.4 Å². The Morgan fingerprint density at radius 3 is 2.71 bits per heavy atom. The van der Waals surface area contributed by atoms with E-state index >= 15 is 0 Å². The average Bonchev–Trinajstić information content (AvgIpc) is 3.17. The van der Waals surface area contributed by atoms with E-state index in [9.17, 15) is 9.59 Å². The van der Waals surface area contributed by atoms with E-state index < -0.39 is 5.97 Å². The van der Waals surface area contributed by atoms with Crippen LogP contribution in [0.15, 0.2) is 60.8 Å². The first-order chi connectivity index (χ1) is 13.7. The van der Waals surface area contributed by atoms with E-state index in [2.05, 4.69) is 15.3 Å². The lowest BCUT2D eigenvalue weighted by molar-refractivity contribution is 0.0601. The van der Waals surface area contributed by atoms with E-state index in [0.717, 1.165) is 17.7 Å². The van der Waals surface area contributed by atoms with Gasteiger partial charge in [0.2, 0.25) is 5.95 Å². The van der Waals surface area contributed by atoms with E-state index in [0.29, 0.717) is 17.8 Å². The van der Waals surface area contributed by atoms with E-state index in [4.69, 9.17) is 4.74 Å². The number of aromatic nitrogens is 2. The van der Waals surface area contributed by atoms with Crippen molar-refractivity contribution in [2.24, 2.45) is 0 Å². The van der Waals surface area contributed by atoms with Gasteiger partial charge in [0.25, 0.3) is 5.91 Å². The first-order valence-corrected chi connectivity index (χ1v) is 8.84. The molecule has 7 nitrogen and oxygen atoms in total. The Kier molecular flexibility index (Phi) is 4.72. The van der Waals surface area contributed by atoms with Crippen LogP contribution in [0.3, 0.4) is 0 Å². The van der Waals surface area contributed by atoms with Crippen LogP contribution in [0.4, 0.5) is 17.3 Å². The smallest absolute Gasteiger partial charge is 0.339 e. The maximum Gasteiger partial charge on any atom is 0.339 e. The fourth-order valence-electron chi connectivity index (χ4n) is 3.23. The maximum absolute atomic E-state index is 13.0. The van der Waals surface area contributed by atoms with E-state index in [1.54, 1.807) is 35.2 Å². The number of ether oxygens (including phenoxy) is 1. The maximum atomic E-state index is 13.0. The number of esters is 1. The molecular weight excluding hydrogens is 356 g/mol. The molecule has 0 fully saturated rings. The minimum Gasteiger partial charge on any atom is -0.465 e. The predicted octanol–water partition coefficient (Wildman–Crippen LogP) is 3.21. The summed E-state index contributed by atoms with van der Waals surface area (Å²) in [6.07, 6.45) is 2.34. The van der Waals surface area contributed by atoms with Gasteiger partial charge in [-0.15, -0.1) is 0 Å². The zero-order valence-corrected chi connectivity index (χ0v) is 15.3. The number of para-hydroxylation sites is 2. The van der Waals surface area contributed by atoms with Gasteiger partial charge >= 0.3 is 5.97 Å². The van der Waals surface area contributed by atoms with E-state index in [1.165, 1.54) is 13.3 Å². The van der Waals surface area contributed by atoms with Crippen molar-refractivity contribution in [1.29, 1.82) is 0 Å². The highest BCUT2D eigenvalue weighted by Crippen LogP contribution is 2.28. The second-order valence-electron chi connectivity index (χ2n) is 6.26. The van der Waals surface area contributed by atoms with Crippen molar-refractivity contribution < 1.29 is 14.3 Å². The molecule has 2 heterocycles. The second-order valence-corrected chi connectivity index (χ2v) is 6.26. The van der Waals surface area contributed by atoms with Gasteiger partial charge in [-0.1, -0.05) is 30.3 Å². The van der Waals surface area contributed by atoms with Crippen LogP contribution in [0, 0.1) is 0 Å². The summed E-state index contributed by atoms with van der Waals surface area (Å²) in [5.74, 6) is -0.421. The van der Waals surface area contributed by atoms with Crippen LogP contribution in [0.2, 0.25) is 0 Å². The number of carbonyl (C=O) groups excluding carboxylic acids is 2. The Morgan fingerprint density at radius 2 is 1.86 bits per heavy atom. The number of rotatable bonds is 4. The third kappa shape index (κ3) is 3.29. The molecule has 28 heavy (non-hydrogen) atoms. The highest BCUT2D eigenvalue weighted by Gasteiger charge is 2.26. The SMILES string of the molecule is COC(=O)c1ccccc1Nc1nccc(C(=O)N2CCc3ccccc32)n1. The van der Waals surface area contributed by atoms with Crippen LogP contribution >= 0.6 is 0 Å². The van der Waals surface area contributed by atoms with Crippen molar-refractivity contribution in [3.8, 4) is 0 Å². The van der Waals surface area contributed by atoms with E-state index in [-0.39, 0.29) is 17.5 Å². The van der Waals surface area contributed by atoms with Gasteiger partial charge in [-0.05, 0) is 36.2 Å². The molecule has 0 aliphatic carbocycles. The highest BCUT2D eigenvalue weighted by molar-refractivity contribution is 6.06. The average molecular weight is 374 g/mol. The topological polar surface area (TPSA) is 84.4 Å². The summed E-state index contributed by atoms with van der Waals surface area (Å²) in [4.78, 5) is 35.1. The molecule has 1 aromatic heterocycles. The van der Waals surface area contributed by atoms with Crippen LogP contribution in [0.1, 0.15) is 26.4 Å². The Bertz CT molecular complexity index is 1050. The number of benzene rings is 2. The Balaban J connectivity index is 1.60. The number of anilines is 3. The standard InChI is InChI=1S/C21H18N4O3/c1-28-20(27)15-7-3-4-8-16(15)23-21-22-12-10-17(24-21)19(26)25-13-11-14-6-2-5-9-18(14)25/h2-10,12H,11,13H2,1H3,(H,22,23,24). The lowest BCUT2D eigenvalue weighted by atomic mass is 10.2. The van der Waals surface area contributed by atoms with Crippen LogP contribution in [0.25, 0.3) is 0 Å². The molecule has 0 spiro atoms. The summed E-state index contributed by atoms with van der Waals surface area (Å²) < 4.78 is 4.80. The van der Waals surface area contributed by atoms with Gasteiger partial charge in [0.15, 0.2) is 0 Å². The van der Waals surface area contributed by atoms with Crippen molar-refractivity contribution in [3.05, 3.63) is 77.6 Å². The molecule has 0 bridgehead atoms. The molecule has 0 radical (unpaired) electrons.